The Morgan fingerprint density at radius 1 is 1.16 bits per heavy atom. The molecule has 8 nitrogen and oxygen atoms in total. The van der Waals surface area contributed by atoms with Gasteiger partial charge in [0.15, 0.2) is 10.8 Å². The van der Waals surface area contributed by atoms with Gasteiger partial charge in [-0.1, -0.05) is 26.8 Å². The lowest BCUT2D eigenvalue weighted by molar-refractivity contribution is 0.174. The van der Waals surface area contributed by atoms with Crippen LogP contribution in [0, 0.1) is 17.2 Å². The van der Waals surface area contributed by atoms with Gasteiger partial charge < -0.3 is 10.4 Å². The molecule has 0 bridgehead atoms. The molecule has 3 rings (SSSR count). The highest BCUT2D eigenvalue weighted by atomic mass is 32.2. The van der Waals surface area contributed by atoms with Crippen molar-refractivity contribution in [2.45, 2.75) is 38.3 Å². The van der Waals surface area contributed by atoms with E-state index in [0.29, 0.717) is 3.97 Å². The molecule has 0 spiro atoms. The maximum atomic E-state index is 15.6. The largest absolute Gasteiger partial charge is 0.465 e. The van der Waals surface area contributed by atoms with Crippen LogP contribution in [-0.4, -0.2) is 39.6 Å². The van der Waals surface area contributed by atoms with Crippen molar-refractivity contribution in [1.82, 2.24) is 19.3 Å². The van der Waals surface area contributed by atoms with E-state index in [0.717, 1.165) is 12.4 Å². The summed E-state index contributed by atoms with van der Waals surface area (Å²) in [4.78, 5) is 18.6. The third kappa shape index (κ3) is 4.62. The first kappa shape index (κ1) is 23.3. The molecule has 170 valence electrons. The lowest BCUT2D eigenvalue weighted by Gasteiger charge is -2.30. The van der Waals surface area contributed by atoms with Gasteiger partial charge in [-0.05, 0) is 36.1 Å². The first-order valence-electron chi connectivity index (χ1n) is 9.59. The van der Waals surface area contributed by atoms with Crippen LogP contribution in [0.2, 0.25) is 0 Å². The Balaban J connectivity index is 2.23. The predicted octanol–water partition coefficient (Wildman–Crippen LogP) is 3.69. The fourth-order valence-corrected chi connectivity index (χ4v) is 4.52. The minimum absolute atomic E-state index is 0.101. The van der Waals surface area contributed by atoms with Crippen molar-refractivity contribution in [3.8, 4) is 11.3 Å². The molecule has 0 aliphatic rings. The van der Waals surface area contributed by atoms with Crippen molar-refractivity contribution in [3.05, 3.63) is 66.3 Å². The van der Waals surface area contributed by atoms with Crippen molar-refractivity contribution in [2.24, 2.45) is 5.41 Å². The third-order valence-electron chi connectivity index (χ3n) is 4.93. The summed E-state index contributed by atoms with van der Waals surface area (Å²) in [7, 11) is -4.40. The number of halogens is 2. The normalized spacial score (nSPS) is 13.0. The summed E-state index contributed by atoms with van der Waals surface area (Å²) in [6.07, 6.45) is 1.99. The standard InChI is InChI=1S/C21H22F2N4O4S/c1-21(2,3)15(26-20(28)29)11-13-12-27(32(30,31)16-8-4-5-9-24-16)18(17(13)22)14-7-6-10-25-19(14)23/h4-10,12,15,26H,11H2,1-3H3,(H,28,29). The first-order valence-corrected chi connectivity index (χ1v) is 11.0. The van der Waals surface area contributed by atoms with Crippen LogP contribution >= 0.6 is 0 Å². The third-order valence-corrected chi connectivity index (χ3v) is 6.50. The van der Waals surface area contributed by atoms with Crippen LogP contribution in [0.1, 0.15) is 26.3 Å². The molecule has 32 heavy (non-hydrogen) atoms. The van der Waals surface area contributed by atoms with Gasteiger partial charge in [0, 0.05) is 30.2 Å². The zero-order valence-corrected chi connectivity index (χ0v) is 18.4. The molecular weight excluding hydrogens is 442 g/mol. The second-order valence-corrected chi connectivity index (χ2v) is 9.96. The fraction of sp³-hybridized carbons (Fsp3) is 0.286. The number of nitrogens with zero attached hydrogens (tertiary/aromatic N) is 3. The van der Waals surface area contributed by atoms with Crippen molar-refractivity contribution in [3.63, 3.8) is 0 Å². The molecule has 1 atom stereocenters. The van der Waals surface area contributed by atoms with E-state index in [2.05, 4.69) is 15.3 Å². The summed E-state index contributed by atoms with van der Waals surface area (Å²) in [5.74, 6) is -2.04. The number of hydrogen-bond donors (Lipinski definition) is 2. The number of rotatable bonds is 6. The zero-order valence-electron chi connectivity index (χ0n) is 17.6. The van der Waals surface area contributed by atoms with Crippen molar-refractivity contribution < 1.29 is 27.1 Å². The average molecular weight is 464 g/mol. The Labute approximate surface area is 184 Å². The molecule has 0 fully saturated rings. The minimum Gasteiger partial charge on any atom is -0.465 e. The quantitative estimate of drug-likeness (QED) is 0.538. The maximum absolute atomic E-state index is 15.6. The second-order valence-electron chi connectivity index (χ2n) is 8.20. The van der Waals surface area contributed by atoms with Crippen molar-refractivity contribution >= 4 is 16.1 Å². The first-order chi connectivity index (χ1) is 14.9. The topological polar surface area (TPSA) is 114 Å². The molecule has 1 unspecified atom stereocenters. The summed E-state index contributed by atoms with van der Waals surface area (Å²) in [6.45, 7) is 5.28. The van der Waals surface area contributed by atoms with Crippen LogP contribution in [0.3, 0.4) is 0 Å². The predicted molar refractivity (Wildman–Crippen MR) is 113 cm³/mol. The van der Waals surface area contributed by atoms with E-state index < -0.39 is 45.0 Å². The number of amides is 1. The van der Waals surface area contributed by atoms with E-state index in [1.165, 1.54) is 36.5 Å². The summed E-state index contributed by atoms with van der Waals surface area (Å²) >= 11 is 0. The van der Waals surface area contributed by atoms with Gasteiger partial charge in [0.25, 0.3) is 10.0 Å². The Hall–Kier alpha value is -3.34. The Morgan fingerprint density at radius 2 is 1.84 bits per heavy atom. The Bertz CT molecular complexity index is 1240. The molecular formula is C21H22F2N4O4S. The van der Waals surface area contributed by atoms with Crippen molar-refractivity contribution in [1.29, 1.82) is 0 Å². The van der Waals surface area contributed by atoms with Crippen LogP contribution in [0.15, 0.2) is 53.9 Å². The molecule has 0 aromatic carbocycles. The SMILES string of the molecule is CC(C)(C)C(Cc1cn(S(=O)(=O)c2ccccn2)c(-c2cccnc2F)c1F)NC(=O)O. The lowest BCUT2D eigenvalue weighted by atomic mass is 9.83. The summed E-state index contributed by atoms with van der Waals surface area (Å²) in [5.41, 5.74) is -1.61. The van der Waals surface area contributed by atoms with Crippen LogP contribution < -0.4 is 5.32 Å². The molecule has 0 aliphatic carbocycles. The van der Waals surface area contributed by atoms with Gasteiger partial charge in [-0.2, -0.15) is 12.8 Å². The molecule has 3 heterocycles. The van der Waals surface area contributed by atoms with Gasteiger partial charge in [-0.3, -0.25) is 0 Å². The number of pyridine rings is 2. The van der Waals surface area contributed by atoms with Crippen LogP contribution in [0.5, 0.6) is 0 Å². The average Bonchev–Trinajstić information content (AvgIpc) is 3.04. The molecule has 0 saturated carbocycles. The number of hydrogen-bond acceptors (Lipinski definition) is 5. The Morgan fingerprint density at radius 3 is 2.41 bits per heavy atom. The lowest BCUT2D eigenvalue weighted by Crippen LogP contribution is -2.44. The van der Waals surface area contributed by atoms with Crippen LogP contribution in [0.25, 0.3) is 11.3 Å². The fourth-order valence-electron chi connectivity index (χ4n) is 3.19. The summed E-state index contributed by atoms with van der Waals surface area (Å²) in [6, 6.07) is 6.03. The number of carbonyl (C=O) groups is 1. The van der Waals surface area contributed by atoms with E-state index in [1.54, 1.807) is 20.8 Å². The van der Waals surface area contributed by atoms with Crippen LogP contribution in [-0.2, 0) is 16.4 Å². The van der Waals surface area contributed by atoms with E-state index in [-0.39, 0.29) is 22.6 Å². The number of aromatic nitrogens is 3. The Kier molecular flexibility index (Phi) is 6.31. The highest BCUT2D eigenvalue weighted by Gasteiger charge is 2.33. The summed E-state index contributed by atoms with van der Waals surface area (Å²) in [5, 5.41) is 11.2. The second kappa shape index (κ2) is 8.65. The van der Waals surface area contributed by atoms with Gasteiger partial charge in [-0.25, -0.2) is 23.1 Å². The van der Waals surface area contributed by atoms with Gasteiger partial charge in [-0.15, -0.1) is 0 Å². The zero-order chi connectivity index (χ0) is 23.7. The van der Waals surface area contributed by atoms with E-state index in [1.807, 2.05) is 0 Å². The van der Waals surface area contributed by atoms with Gasteiger partial charge >= 0.3 is 6.09 Å². The highest BCUT2D eigenvalue weighted by molar-refractivity contribution is 7.90. The van der Waals surface area contributed by atoms with Crippen LogP contribution in [0.4, 0.5) is 13.6 Å². The molecule has 0 aliphatic heterocycles. The number of nitrogens with one attached hydrogen (secondary N) is 1. The molecule has 3 aromatic heterocycles. The minimum atomic E-state index is -4.40. The monoisotopic (exact) mass is 464 g/mol. The number of carboxylic acid groups (broad SMARTS) is 1. The molecule has 11 heteroatoms. The molecule has 0 radical (unpaired) electrons. The van der Waals surface area contributed by atoms with E-state index in [4.69, 9.17) is 0 Å². The molecule has 1 amide bonds. The van der Waals surface area contributed by atoms with E-state index in [9.17, 15) is 22.7 Å². The summed E-state index contributed by atoms with van der Waals surface area (Å²) < 4.78 is 57.2. The van der Waals surface area contributed by atoms with Crippen molar-refractivity contribution in [2.75, 3.05) is 0 Å². The van der Waals surface area contributed by atoms with Gasteiger partial charge in [0.1, 0.15) is 5.69 Å². The maximum Gasteiger partial charge on any atom is 0.404 e. The van der Waals surface area contributed by atoms with Gasteiger partial charge in [0.05, 0.1) is 5.56 Å². The van der Waals surface area contributed by atoms with Gasteiger partial charge in [0.2, 0.25) is 5.95 Å². The molecule has 3 aromatic rings. The molecule has 0 saturated heterocycles. The highest BCUT2D eigenvalue weighted by Crippen LogP contribution is 2.33. The van der Waals surface area contributed by atoms with E-state index >= 15 is 4.39 Å². The smallest absolute Gasteiger partial charge is 0.404 e. The molecule has 2 N–H and O–H groups in total.